The van der Waals surface area contributed by atoms with Gasteiger partial charge in [0.1, 0.15) is 0 Å². The van der Waals surface area contributed by atoms with Gasteiger partial charge in [0.05, 0.1) is 19.7 Å². The van der Waals surface area contributed by atoms with Gasteiger partial charge in [-0.25, -0.2) is 0 Å². The molecule has 0 aromatic carbocycles. The molecule has 0 aliphatic rings. The Kier molecular flexibility index (Phi) is 11.9. The minimum absolute atomic E-state index is 0.0424. The van der Waals surface area contributed by atoms with Crippen LogP contribution >= 0.6 is 0 Å². The molecule has 0 unspecified atom stereocenters. The molecule has 0 fully saturated rings. The molecule has 0 aromatic rings. The average Bonchev–Trinajstić information content (AvgIpc) is 2.36. The van der Waals surface area contributed by atoms with Crippen LogP contribution in [0, 0.1) is 5.92 Å². The average molecular weight is 301 g/mol. The van der Waals surface area contributed by atoms with Crippen LogP contribution in [0.3, 0.4) is 0 Å². The largest absolute Gasteiger partial charge is 0.381 e. The standard InChI is InChI=1S/C15H31N3O3/c1-12(2)10-15(20)18-11-17-14(19)6-9-21-8-5-7-16-13(3)4/h12-13,16H,5-11H2,1-4H3,(H,17,19)(H,18,20). The van der Waals surface area contributed by atoms with E-state index in [0.29, 0.717) is 38.0 Å². The van der Waals surface area contributed by atoms with Crippen LogP contribution in [0.5, 0.6) is 0 Å². The second-order valence-electron chi connectivity index (χ2n) is 5.80. The fraction of sp³-hybridized carbons (Fsp3) is 0.867. The van der Waals surface area contributed by atoms with E-state index in [4.69, 9.17) is 4.74 Å². The molecule has 6 nitrogen and oxygen atoms in total. The van der Waals surface area contributed by atoms with Gasteiger partial charge in [0.25, 0.3) is 0 Å². The summed E-state index contributed by atoms with van der Waals surface area (Å²) in [7, 11) is 0. The highest BCUT2D eigenvalue weighted by atomic mass is 16.5. The van der Waals surface area contributed by atoms with Gasteiger partial charge in [0.15, 0.2) is 0 Å². The summed E-state index contributed by atoms with van der Waals surface area (Å²) in [6.45, 7) is 10.3. The van der Waals surface area contributed by atoms with E-state index in [0.717, 1.165) is 13.0 Å². The topological polar surface area (TPSA) is 79.5 Å². The Hall–Kier alpha value is -1.14. The third-order valence-electron chi connectivity index (χ3n) is 2.66. The SMILES string of the molecule is CC(C)CC(=O)NCNC(=O)CCOCCCNC(C)C. The molecule has 0 spiro atoms. The number of hydrogen-bond acceptors (Lipinski definition) is 4. The Morgan fingerprint density at radius 1 is 1.00 bits per heavy atom. The van der Waals surface area contributed by atoms with Crippen molar-refractivity contribution in [2.75, 3.05) is 26.4 Å². The van der Waals surface area contributed by atoms with E-state index in [-0.39, 0.29) is 18.5 Å². The molecule has 0 saturated carbocycles. The number of amides is 2. The highest BCUT2D eigenvalue weighted by Gasteiger charge is 2.05. The summed E-state index contributed by atoms with van der Waals surface area (Å²) in [5, 5.41) is 8.59. The summed E-state index contributed by atoms with van der Waals surface area (Å²) >= 11 is 0. The van der Waals surface area contributed by atoms with E-state index in [1.54, 1.807) is 0 Å². The van der Waals surface area contributed by atoms with Gasteiger partial charge in [-0.15, -0.1) is 0 Å². The molecule has 21 heavy (non-hydrogen) atoms. The quantitative estimate of drug-likeness (QED) is 0.371. The summed E-state index contributed by atoms with van der Waals surface area (Å²) in [5.41, 5.74) is 0. The van der Waals surface area contributed by atoms with Crippen molar-refractivity contribution in [1.29, 1.82) is 0 Å². The third-order valence-corrected chi connectivity index (χ3v) is 2.66. The van der Waals surface area contributed by atoms with Crippen molar-refractivity contribution in [3.63, 3.8) is 0 Å². The van der Waals surface area contributed by atoms with E-state index in [2.05, 4.69) is 29.8 Å². The van der Waals surface area contributed by atoms with Crippen molar-refractivity contribution in [2.45, 2.75) is 53.0 Å². The Bertz CT molecular complexity index is 294. The van der Waals surface area contributed by atoms with Gasteiger partial charge in [0.2, 0.25) is 11.8 Å². The first kappa shape index (κ1) is 19.9. The minimum Gasteiger partial charge on any atom is -0.381 e. The van der Waals surface area contributed by atoms with Gasteiger partial charge in [-0.3, -0.25) is 9.59 Å². The molecular weight excluding hydrogens is 270 g/mol. The van der Waals surface area contributed by atoms with Gasteiger partial charge in [-0.05, 0) is 18.9 Å². The fourth-order valence-electron chi connectivity index (χ4n) is 1.60. The first-order valence-corrected chi connectivity index (χ1v) is 7.76. The Morgan fingerprint density at radius 3 is 2.29 bits per heavy atom. The summed E-state index contributed by atoms with van der Waals surface area (Å²) < 4.78 is 5.38. The number of hydrogen-bond donors (Lipinski definition) is 3. The minimum atomic E-state index is -0.111. The van der Waals surface area contributed by atoms with E-state index >= 15 is 0 Å². The molecule has 6 heteroatoms. The lowest BCUT2D eigenvalue weighted by molar-refractivity contribution is -0.123. The Balaban J connectivity index is 3.37. The molecule has 0 saturated heterocycles. The highest BCUT2D eigenvalue weighted by Crippen LogP contribution is 1.97. The van der Waals surface area contributed by atoms with Crippen molar-refractivity contribution in [2.24, 2.45) is 5.92 Å². The zero-order valence-corrected chi connectivity index (χ0v) is 13.8. The van der Waals surface area contributed by atoms with Crippen LogP contribution < -0.4 is 16.0 Å². The second-order valence-corrected chi connectivity index (χ2v) is 5.80. The molecule has 0 heterocycles. The van der Waals surface area contributed by atoms with E-state index in [1.807, 2.05) is 13.8 Å². The maximum Gasteiger partial charge on any atom is 0.223 e. The van der Waals surface area contributed by atoms with Crippen molar-refractivity contribution in [3.8, 4) is 0 Å². The summed E-state index contributed by atoms with van der Waals surface area (Å²) in [5.74, 6) is 0.165. The van der Waals surface area contributed by atoms with Crippen molar-refractivity contribution in [1.82, 2.24) is 16.0 Å². The van der Waals surface area contributed by atoms with Gasteiger partial charge < -0.3 is 20.7 Å². The lowest BCUT2D eigenvalue weighted by Crippen LogP contribution is -2.37. The molecule has 0 aromatic heterocycles. The Labute approximate surface area is 128 Å². The lowest BCUT2D eigenvalue weighted by atomic mass is 10.1. The number of rotatable bonds is 12. The normalized spacial score (nSPS) is 11.0. The van der Waals surface area contributed by atoms with Crippen molar-refractivity contribution in [3.05, 3.63) is 0 Å². The highest BCUT2D eigenvalue weighted by molar-refractivity contribution is 5.78. The number of carbonyl (C=O) groups excluding carboxylic acids is 2. The van der Waals surface area contributed by atoms with Crippen LogP contribution in [0.1, 0.15) is 47.0 Å². The summed E-state index contributed by atoms with van der Waals surface area (Å²) in [6.07, 6.45) is 1.73. The first-order chi connectivity index (χ1) is 9.91. The maximum absolute atomic E-state index is 11.5. The zero-order chi connectivity index (χ0) is 16.1. The lowest BCUT2D eigenvalue weighted by Gasteiger charge is -2.09. The smallest absolute Gasteiger partial charge is 0.223 e. The van der Waals surface area contributed by atoms with Gasteiger partial charge in [-0.1, -0.05) is 27.7 Å². The zero-order valence-electron chi connectivity index (χ0n) is 13.8. The first-order valence-electron chi connectivity index (χ1n) is 7.76. The number of nitrogens with one attached hydrogen (secondary N) is 3. The van der Waals surface area contributed by atoms with Crippen molar-refractivity contribution >= 4 is 11.8 Å². The molecule has 0 radical (unpaired) electrons. The fourth-order valence-corrected chi connectivity index (χ4v) is 1.60. The second kappa shape index (κ2) is 12.6. The molecule has 124 valence electrons. The molecular formula is C15H31N3O3. The van der Waals surface area contributed by atoms with E-state index in [9.17, 15) is 9.59 Å². The maximum atomic E-state index is 11.5. The number of carbonyl (C=O) groups is 2. The number of ether oxygens (including phenoxy) is 1. The molecule has 0 atom stereocenters. The molecule has 0 rings (SSSR count). The van der Waals surface area contributed by atoms with Crippen LogP contribution in [0.25, 0.3) is 0 Å². The van der Waals surface area contributed by atoms with Gasteiger partial charge in [0, 0.05) is 19.1 Å². The Morgan fingerprint density at radius 2 is 1.67 bits per heavy atom. The van der Waals surface area contributed by atoms with Crippen LogP contribution in [-0.2, 0) is 14.3 Å². The van der Waals surface area contributed by atoms with Gasteiger partial charge in [-0.2, -0.15) is 0 Å². The molecule has 0 aliphatic carbocycles. The van der Waals surface area contributed by atoms with Crippen molar-refractivity contribution < 1.29 is 14.3 Å². The molecule has 3 N–H and O–H groups in total. The predicted octanol–water partition coefficient (Wildman–Crippen LogP) is 1.02. The monoisotopic (exact) mass is 301 g/mol. The summed E-state index contributed by atoms with van der Waals surface area (Å²) in [4.78, 5) is 22.8. The van der Waals surface area contributed by atoms with Crippen LogP contribution in [-0.4, -0.2) is 44.3 Å². The van der Waals surface area contributed by atoms with E-state index in [1.165, 1.54) is 0 Å². The molecule has 0 bridgehead atoms. The van der Waals surface area contributed by atoms with Crippen LogP contribution in [0.4, 0.5) is 0 Å². The van der Waals surface area contributed by atoms with Crippen LogP contribution in [0.15, 0.2) is 0 Å². The van der Waals surface area contributed by atoms with Gasteiger partial charge >= 0.3 is 0 Å². The predicted molar refractivity (Wildman–Crippen MR) is 83.8 cm³/mol. The van der Waals surface area contributed by atoms with E-state index < -0.39 is 0 Å². The summed E-state index contributed by atoms with van der Waals surface area (Å²) in [6, 6.07) is 0.488. The third kappa shape index (κ3) is 15.1. The van der Waals surface area contributed by atoms with Crippen LogP contribution in [0.2, 0.25) is 0 Å². The molecule has 0 aliphatic heterocycles. The molecule has 2 amide bonds.